The molecule has 2 fully saturated rings. The Labute approximate surface area is 152 Å². The highest BCUT2D eigenvalue weighted by Gasteiger charge is 2.24. The summed E-state index contributed by atoms with van der Waals surface area (Å²) >= 11 is 6.17. The number of nitrogens with zero attached hydrogens (tertiary/aromatic N) is 3. The molecule has 0 unspecified atom stereocenters. The van der Waals surface area contributed by atoms with Gasteiger partial charge in [0, 0.05) is 54.5 Å². The summed E-state index contributed by atoms with van der Waals surface area (Å²) in [6.45, 7) is 5.82. The van der Waals surface area contributed by atoms with Crippen LogP contribution in [0.1, 0.15) is 28.8 Å². The van der Waals surface area contributed by atoms with E-state index in [0.717, 1.165) is 48.9 Å². The van der Waals surface area contributed by atoms with Gasteiger partial charge in [0.2, 0.25) is 0 Å². The lowest BCUT2D eigenvalue weighted by molar-refractivity contribution is 0.0765. The minimum absolute atomic E-state index is 0.184. The molecule has 0 atom stereocenters. The second-order valence-electron chi connectivity index (χ2n) is 7.01. The summed E-state index contributed by atoms with van der Waals surface area (Å²) in [5.74, 6) is 0.455. The molecule has 0 spiro atoms. The zero-order chi connectivity index (χ0) is 17.4. The molecule has 2 aliphatic rings. The maximum absolute atomic E-state index is 12.6. The number of aryl methyl sites for hydroxylation is 1. The summed E-state index contributed by atoms with van der Waals surface area (Å²) in [5, 5.41) is 8.91. The normalized spacial score (nSPS) is 17.7. The van der Waals surface area contributed by atoms with Crippen LogP contribution in [0.25, 0.3) is 10.9 Å². The van der Waals surface area contributed by atoms with Gasteiger partial charge in [-0.15, -0.1) is 0 Å². The fourth-order valence-corrected chi connectivity index (χ4v) is 3.27. The molecule has 0 bridgehead atoms. The maximum atomic E-state index is 12.6. The lowest BCUT2D eigenvalue weighted by Crippen LogP contribution is -2.44. The first-order valence-corrected chi connectivity index (χ1v) is 9.22. The number of halogens is 1. The average Bonchev–Trinajstić information content (AvgIpc) is 3.28. The van der Waals surface area contributed by atoms with Gasteiger partial charge >= 0.3 is 0 Å². The highest BCUT2D eigenvalue weighted by Crippen LogP contribution is 2.25. The number of nitrogens with one attached hydrogen (secondary N) is 1. The molecule has 0 radical (unpaired) electrons. The fourth-order valence-electron chi connectivity index (χ4n) is 3.11. The highest BCUT2D eigenvalue weighted by atomic mass is 35.5. The van der Waals surface area contributed by atoms with Crippen LogP contribution in [0.3, 0.4) is 0 Å². The summed E-state index contributed by atoms with van der Waals surface area (Å²) in [6.07, 6.45) is 4.64. The van der Waals surface area contributed by atoms with Crippen molar-refractivity contribution in [2.24, 2.45) is 5.92 Å². The van der Waals surface area contributed by atoms with E-state index in [4.69, 9.17) is 16.5 Å². The van der Waals surface area contributed by atoms with Gasteiger partial charge < -0.3 is 10.1 Å². The Morgan fingerprint density at radius 3 is 2.92 bits per heavy atom. The van der Waals surface area contributed by atoms with E-state index in [2.05, 4.69) is 10.4 Å². The summed E-state index contributed by atoms with van der Waals surface area (Å²) in [4.78, 5) is 12.6. The molecule has 1 aliphatic carbocycles. The Balaban J connectivity index is 1.47. The molecule has 134 valence electrons. The Morgan fingerprint density at radius 1 is 1.44 bits per heavy atom. The van der Waals surface area contributed by atoms with Crippen LogP contribution in [-0.2, 0) is 11.3 Å². The predicted octanol–water partition coefficient (Wildman–Crippen LogP) is 2.34. The molecule has 1 saturated heterocycles. The molecule has 7 heteroatoms. The number of hydrogen-bond acceptors (Lipinski definition) is 4. The quantitative estimate of drug-likeness (QED) is 0.768. The summed E-state index contributed by atoms with van der Waals surface area (Å²) < 4.78 is 8.78. The number of fused-ring (bicyclic) bond motifs is 1. The van der Waals surface area contributed by atoms with Crippen LogP contribution in [0.4, 0.5) is 0 Å². The molecule has 1 aromatic heterocycles. The number of rotatable bonds is 7. The molecule has 6 nitrogen and oxygen atoms in total. The highest BCUT2D eigenvalue weighted by molar-refractivity contribution is 6.24. The standard InChI is InChI=1S/C18H23ClN4O2/c1-12-15(18(24)23(19)6-7-25-14-2-3-14)4-5-17-16(12)11-22(21-17)10-13-8-20-9-13/h4-5,11,13-14,20H,2-3,6-10H2,1H3. The molecule has 4 rings (SSSR count). The second-order valence-corrected chi connectivity index (χ2v) is 7.42. The average molecular weight is 363 g/mol. The summed E-state index contributed by atoms with van der Waals surface area (Å²) in [6, 6.07) is 3.72. The van der Waals surface area contributed by atoms with Crippen LogP contribution in [0, 0.1) is 12.8 Å². The van der Waals surface area contributed by atoms with Crippen molar-refractivity contribution in [1.82, 2.24) is 19.5 Å². The monoisotopic (exact) mass is 362 g/mol. The van der Waals surface area contributed by atoms with E-state index in [1.54, 1.807) is 0 Å². The first kappa shape index (κ1) is 16.8. The fraction of sp³-hybridized carbons (Fsp3) is 0.556. The third-order valence-electron chi connectivity index (χ3n) is 4.93. The third-order valence-corrected chi connectivity index (χ3v) is 5.26. The lowest BCUT2D eigenvalue weighted by Gasteiger charge is -2.26. The van der Waals surface area contributed by atoms with Crippen molar-refractivity contribution < 1.29 is 9.53 Å². The van der Waals surface area contributed by atoms with E-state index in [1.165, 1.54) is 4.42 Å². The van der Waals surface area contributed by atoms with Gasteiger partial charge in [0.15, 0.2) is 0 Å². The molecular formula is C18H23ClN4O2. The number of carbonyl (C=O) groups is 1. The van der Waals surface area contributed by atoms with Gasteiger partial charge in [-0.25, -0.2) is 4.42 Å². The minimum Gasteiger partial charge on any atom is -0.376 e. The summed E-state index contributed by atoms with van der Waals surface area (Å²) in [5.41, 5.74) is 2.47. The van der Waals surface area contributed by atoms with Crippen LogP contribution in [0.15, 0.2) is 18.3 Å². The maximum Gasteiger partial charge on any atom is 0.268 e. The van der Waals surface area contributed by atoms with Gasteiger partial charge in [-0.2, -0.15) is 5.10 Å². The SMILES string of the molecule is Cc1c(C(=O)N(Cl)CCOC2CC2)ccc2nn(CC3CNC3)cc12. The molecular weight excluding hydrogens is 340 g/mol. The van der Waals surface area contributed by atoms with Gasteiger partial charge in [-0.1, -0.05) is 0 Å². The van der Waals surface area contributed by atoms with Crippen LogP contribution >= 0.6 is 11.8 Å². The summed E-state index contributed by atoms with van der Waals surface area (Å²) in [7, 11) is 0. The number of benzene rings is 1. The van der Waals surface area contributed by atoms with Crippen LogP contribution in [-0.4, -0.2) is 52.5 Å². The molecule has 1 N–H and O–H groups in total. The predicted molar refractivity (Wildman–Crippen MR) is 96.7 cm³/mol. The molecule has 1 saturated carbocycles. The van der Waals surface area contributed by atoms with Crippen molar-refractivity contribution in [1.29, 1.82) is 0 Å². The molecule has 25 heavy (non-hydrogen) atoms. The molecule has 2 aromatic rings. The molecule has 1 aliphatic heterocycles. The van der Waals surface area contributed by atoms with E-state index in [1.807, 2.05) is 29.9 Å². The second kappa shape index (κ2) is 6.94. The number of amides is 1. The number of aromatic nitrogens is 2. The van der Waals surface area contributed by atoms with E-state index < -0.39 is 0 Å². The number of ether oxygens (including phenoxy) is 1. The zero-order valence-electron chi connectivity index (χ0n) is 14.4. The molecule has 1 aromatic carbocycles. The van der Waals surface area contributed by atoms with E-state index in [-0.39, 0.29) is 5.91 Å². The first-order chi connectivity index (χ1) is 12.1. The lowest BCUT2D eigenvalue weighted by atomic mass is 10.0. The number of carbonyl (C=O) groups excluding carboxylic acids is 1. The van der Waals surface area contributed by atoms with Gasteiger partial charge in [-0.3, -0.25) is 9.48 Å². The zero-order valence-corrected chi connectivity index (χ0v) is 15.1. The Kier molecular flexibility index (Phi) is 4.67. The van der Waals surface area contributed by atoms with Gasteiger partial charge in [0.05, 0.1) is 24.8 Å². The van der Waals surface area contributed by atoms with E-state index >= 15 is 0 Å². The topological polar surface area (TPSA) is 59.4 Å². The minimum atomic E-state index is -0.184. The van der Waals surface area contributed by atoms with E-state index in [9.17, 15) is 4.79 Å². The van der Waals surface area contributed by atoms with Crippen molar-refractivity contribution in [3.05, 3.63) is 29.5 Å². The smallest absolute Gasteiger partial charge is 0.268 e. The van der Waals surface area contributed by atoms with Crippen LogP contribution < -0.4 is 5.32 Å². The molecule has 2 heterocycles. The first-order valence-electron chi connectivity index (χ1n) is 8.88. The third kappa shape index (κ3) is 3.66. The largest absolute Gasteiger partial charge is 0.376 e. The van der Waals surface area contributed by atoms with Crippen LogP contribution in [0.2, 0.25) is 0 Å². The van der Waals surface area contributed by atoms with Crippen molar-refractivity contribution in [3.63, 3.8) is 0 Å². The van der Waals surface area contributed by atoms with Crippen molar-refractivity contribution in [2.75, 3.05) is 26.2 Å². The van der Waals surface area contributed by atoms with Gasteiger partial charge in [-0.05, 0) is 37.5 Å². The number of hydrogen-bond donors (Lipinski definition) is 1. The van der Waals surface area contributed by atoms with Gasteiger partial charge in [0.25, 0.3) is 5.91 Å². The Bertz CT molecular complexity index is 783. The van der Waals surface area contributed by atoms with Crippen molar-refractivity contribution >= 4 is 28.6 Å². The van der Waals surface area contributed by atoms with Crippen molar-refractivity contribution in [3.8, 4) is 0 Å². The molecule has 1 amide bonds. The Morgan fingerprint density at radius 2 is 2.24 bits per heavy atom. The van der Waals surface area contributed by atoms with E-state index in [0.29, 0.717) is 30.7 Å². The van der Waals surface area contributed by atoms with Crippen LogP contribution in [0.5, 0.6) is 0 Å². The van der Waals surface area contributed by atoms with Crippen molar-refractivity contribution in [2.45, 2.75) is 32.4 Å². The Hall–Kier alpha value is -1.63. The van der Waals surface area contributed by atoms with Gasteiger partial charge in [0.1, 0.15) is 0 Å².